The van der Waals surface area contributed by atoms with E-state index in [1.54, 1.807) is 13.2 Å². The Morgan fingerprint density at radius 3 is 2.50 bits per heavy atom. The van der Waals surface area contributed by atoms with Crippen molar-refractivity contribution in [3.05, 3.63) is 41.4 Å². The zero-order chi connectivity index (χ0) is 25.5. The second-order valence-electron chi connectivity index (χ2n) is 9.32. The number of nitrogens with zero attached hydrogens (tertiary/aromatic N) is 6. The van der Waals surface area contributed by atoms with E-state index in [1.807, 2.05) is 16.7 Å². The van der Waals surface area contributed by atoms with Gasteiger partial charge in [-0.15, -0.1) is 10.2 Å². The number of halogens is 1. The van der Waals surface area contributed by atoms with Crippen molar-refractivity contribution in [3.8, 4) is 17.4 Å². The molecule has 0 radical (unpaired) electrons. The number of methoxy groups -OCH3 is 2. The number of hydrogen-bond acceptors (Lipinski definition) is 9. The van der Waals surface area contributed by atoms with Gasteiger partial charge in [0.05, 0.1) is 12.1 Å². The van der Waals surface area contributed by atoms with Gasteiger partial charge in [0.2, 0.25) is 21.9 Å². The van der Waals surface area contributed by atoms with E-state index < -0.39 is 21.4 Å². The fourth-order valence-electron chi connectivity index (χ4n) is 5.14. The van der Waals surface area contributed by atoms with Gasteiger partial charge in [-0.25, -0.2) is 23.4 Å². The molecule has 11 nitrogen and oxygen atoms in total. The van der Waals surface area contributed by atoms with Gasteiger partial charge in [-0.2, -0.15) is 0 Å². The highest BCUT2D eigenvalue weighted by Gasteiger charge is 2.53. The fourth-order valence-corrected chi connectivity index (χ4v) is 6.38. The number of sulfonamides is 1. The van der Waals surface area contributed by atoms with E-state index in [2.05, 4.69) is 29.9 Å². The first-order valence-electron chi connectivity index (χ1n) is 11.8. The average molecular weight is 534 g/mol. The third-order valence-corrected chi connectivity index (χ3v) is 9.33. The van der Waals surface area contributed by atoms with Crippen LogP contribution in [0.15, 0.2) is 30.6 Å². The Morgan fingerprint density at radius 1 is 1.17 bits per heavy atom. The molecular formula is C23H28ClN7O4S. The molecule has 2 unspecified atom stereocenters. The maximum Gasteiger partial charge on any atom is 0.240 e. The molecule has 0 aromatic carbocycles. The van der Waals surface area contributed by atoms with Crippen LogP contribution in [0.1, 0.15) is 57.0 Å². The summed E-state index contributed by atoms with van der Waals surface area (Å²) < 4.78 is 42.4. The van der Waals surface area contributed by atoms with Crippen molar-refractivity contribution in [1.29, 1.82) is 0 Å². The van der Waals surface area contributed by atoms with Gasteiger partial charge in [0.25, 0.3) is 0 Å². The minimum absolute atomic E-state index is 0.0788. The zero-order valence-electron chi connectivity index (χ0n) is 20.3. The molecule has 1 N–H and O–H groups in total. The number of ether oxygens (including phenoxy) is 2. The predicted octanol–water partition coefficient (Wildman–Crippen LogP) is 3.82. The molecular weight excluding hydrogens is 506 g/mol. The van der Waals surface area contributed by atoms with Crippen LogP contribution in [0, 0.1) is 5.41 Å². The van der Waals surface area contributed by atoms with Crippen molar-refractivity contribution < 1.29 is 17.9 Å². The van der Waals surface area contributed by atoms with E-state index in [-0.39, 0.29) is 23.2 Å². The van der Waals surface area contributed by atoms with Crippen molar-refractivity contribution >= 4 is 27.6 Å². The molecule has 2 saturated carbocycles. The summed E-state index contributed by atoms with van der Waals surface area (Å²) in [7, 11) is -1.03. The lowest BCUT2D eigenvalue weighted by Crippen LogP contribution is -2.47. The molecule has 0 aliphatic heterocycles. The minimum atomic E-state index is -3.99. The lowest BCUT2D eigenvalue weighted by molar-refractivity contribution is -0.0369. The van der Waals surface area contributed by atoms with Gasteiger partial charge in [-0.05, 0) is 44.1 Å². The molecule has 2 aliphatic rings. The minimum Gasteiger partial charge on any atom is -0.481 e. The molecule has 192 valence electrons. The summed E-state index contributed by atoms with van der Waals surface area (Å²) in [6.45, 7) is 1.54. The molecule has 3 atom stereocenters. The van der Waals surface area contributed by atoms with Gasteiger partial charge in [0.1, 0.15) is 17.0 Å². The molecule has 3 heterocycles. The van der Waals surface area contributed by atoms with E-state index >= 15 is 0 Å². The topological polar surface area (TPSA) is 134 Å². The van der Waals surface area contributed by atoms with Crippen LogP contribution in [0.3, 0.4) is 0 Å². The number of pyridine rings is 1. The number of hydrogen-bond donors (Lipinski definition) is 1. The van der Waals surface area contributed by atoms with Crippen LogP contribution in [0.5, 0.6) is 5.88 Å². The Labute approximate surface area is 214 Å². The first-order chi connectivity index (χ1) is 17.3. The second-order valence-corrected chi connectivity index (χ2v) is 11.8. The van der Waals surface area contributed by atoms with Gasteiger partial charge in [0.15, 0.2) is 11.6 Å². The molecule has 13 heteroatoms. The maximum absolute atomic E-state index is 13.5. The molecule has 1 spiro atoms. The van der Waals surface area contributed by atoms with Crippen molar-refractivity contribution in [1.82, 2.24) is 29.7 Å². The molecule has 5 rings (SSSR count). The Morgan fingerprint density at radius 2 is 1.92 bits per heavy atom. The highest BCUT2D eigenvalue weighted by atomic mass is 35.5. The summed E-state index contributed by atoms with van der Waals surface area (Å²) in [4.78, 5) is 12.8. The highest BCUT2D eigenvalue weighted by Crippen LogP contribution is 2.63. The van der Waals surface area contributed by atoms with Gasteiger partial charge < -0.3 is 9.47 Å². The van der Waals surface area contributed by atoms with Crippen LogP contribution in [0.25, 0.3) is 11.5 Å². The summed E-state index contributed by atoms with van der Waals surface area (Å²) >= 11 is 5.89. The molecule has 2 aliphatic carbocycles. The largest absolute Gasteiger partial charge is 0.481 e. The van der Waals surface area contributed by atoms with E-state index in [1.165, 1.54) is 32.8 Å². The normalized spacial score (nSPS) is 20.3. The van der Waals surface area contributed by atoms with E-state index in [9.17, 15) is 8.42 Å². The molecule has 2 fully saturated rings. The van der Waals surface area contributed by atoms with Gasteiger partial charge >= 0.3 is 0 Å². The van der Waals surface area contributed by atoms with E-state index in [0.29, 0.717) is 22.4 Å². The smallest absolute Gasteiger partial charge is 0.240 e. The molecule has 0 bridgehead atoms. The van der Waals surface area contributed by atoms with Gasteiger partial charge in [0, 0.05) is 31.6 Å². The standard InChI is InChI=1S/C23H28ClN7O4S/c1-14(19(35-3)20-25-12-15(24)13-26-20)36(32,33)30-22-29-28-21(16-6-4-7-18(27-16)34-2)31(22)17-8-11-23(17)9-5-10-23/h4,6-7,12-14,17,19H,5,8-11H2,1-3H3,(H,29,30)/t14?,17-,19?/m0/s1. The lowest BCUT2D eigenvalue weighted by Gasteiger charge is -2.56. The Bertz CT molecular complexity index is 1340. The summed E-state index contributed by atoms with van der Waals surface area (Å²) in [5.41, 5.74) is 0.708. The Kier molecular flexibility index (Phi) is 6.60. The molecule has 0 amide bonds. The third kappa shape index (κ3) is 4.31. The molecule has 0 saturated heterocycles. The first-order valence-corrected chi connectivity index (χ1v) is 13.7. The van der Waals surface area contributed by atoms with Crippen LogP contribution >= 0.6 is 11.6 Å². The fraction of sp³-hybridized carbons (Fsp3) is 0.522. The van der Waals surface area contributed by atoms with Crippen molar-refractivity contribution in [2.24, 2.45) is 5.41 Å². The van der Waals surface area contributed by atoms with Crippen LogP contribution in [-0.2, 0) is 14.8 Å². The summed E-state index contributed by atoms with van der Waals surface area (Å²) in [6, 6.07) is 5.46. The molecule has 36 heavy (non-hydrogen) atoms. The summed E-state index contributed by atoms with van der Waals surface area (Å²) in [6.07, 6.45) is 7.27. The van der Waals surface area contributed by atoms with E-state index in [0.717, 1.165) is 25.7 Å². The van der Waals surface area contributed by atoms with Crippen molar-refractivity contribution in [2.75, 3.05) is 18.9 Å². The van der Waals surface area contributed by atoms with Crippen LogP contribution in [-0.4, -0.2) is 57.6 Å². The first kappa shape index (κ1) is 24.8. The van der Waals surface area contributed by atoms with Crippen LogP contribution in [0.4, 0.5) is 5.95 Å². The summed E-state index contributed by atoms with van der Waals surface area (Å²) in [5, 5.41) is 7.94. The summed E-state index contributed by atoms with van der Waals surface area (Å²) in [5.74, 6) is 1.31. The zero-order valence-corrected chi connectivity index (χ0v) is 21.8. The SMILES string of the molecule is COc1cccc(-c2nnc(NS(=O)(=O)C(C)C(OC)c3ncc(Cl)cn3)n2[C@H]2CCC23CCC3)n1. The van der Waals surface area contributed by atoms with Gasteiger partial charge in [-0.1, -0.05) is 24.1 Å². The second kappa shape index (κ2) is 9.56. The molecule has 3 aromatic heterocycles. The number of rotatable bonds is 9. The number of aromatic nitrogens is 6. The highest BCUT2D eigenvalue weighted by molar-refractivity contribution is 7.93. The molecule has 3 aromatic rings. The maximum atomic E-state index is 13.5. The van der Waals surface area contributed by atoms with Crippen molar-refractivity contribution in [2.45, 2.75) is 56.4 Å². The van der Waals surface area contributed by atoms with E-state index in [4.69, 9.17) is 21.1 Å². The monoisotopic (exact) mass is 533 g/mol. The average Bonchev–Trinajstić information content (AvgIpc) is 3.21. The van der Waals surface area contributed by atoms with Crippen molar-refractivity contribution in [3.63, 3.8) is 0 Å². The number of anilines is 1. The predicted molar refractivity (Wildman–Crippen MR) is 133 cm³/mol. The Hall–Kier alpha value is -2.83. The Balaban J connectivity index is 1.50. The quantitative estimate of drug-likeness (QED) is 0.435. The third-order valence-electron chi connectivity index (χ3n) is 7.44. The van der Waals surface area contributed by atoms with Crippen LogP contribution < -0.4 is 9.46 Å². The van der Waals surface area contributed by atoms with Gasteiger partial charge in [-0.3, -0.25) is 9.29 Å². The van der Waals surface area contributed by atoms with Crippen LogP contribution in [0.2, 0.25) is 5.02 Å². The lowest BCUT2D eigenvalue weighted by atomic mass is 9.53. The number of nitrogens with one attached hydrogen (secondary N) is 1.